The summed E-state index contributed by atoms with van der Waals surface area (Å²) in [6.45, 7) is 1.72. The molecule has 0 amide bonds. The number of allylic oxidation sites excluding steroid dienone is 2. The molecule has 1 atom stereocenters. The van der Waals surface area contributed by atoms with Crippen molar-refractivity contribution in [2.45, 2.75) is 18.1 Å². The molecule has 0 bridgehead atoms. The molecule has 13 heavy (non-hydrogen) atoms. The van der Waals surface area contributed by atoms with Gasteiger partial charge in [-0.05, 0) is 12.5 Å². The molecule has 0 N–H and O–H groups in total. The third-order valence-electron chi connectivity index (χ3n) is 2.58. The summed E-state index contributed by atoms with van der Waals surface area (Å²) >= 11 is 0. The van der Waals surface area contributed by atoms with Gasteiger partial charge in [0.2, 0.25) is 5.78 Å². The highest BCUT2D eigenvalue weighted by Gasteiger charge is 2.37. The van der Waals surface area contributed by atoms with Gasteiger partial charge in [-0.15, -0.1) is 0 Å². The standard InChI is InChI=1S/C10H15O2S/c11-9-3-1-2-4-10(9)13-7-5-12-6-8-13/h1,3,10H,2,4-8H2/q+1. The predicted molar refractivity (Wildman–Crippen MR) is 55.1 cm³/mol. The highest BCUT2D eigenvalue weighted by atomic mass is 32.2. The second-order valence-corrected chi connectivity index (χ2v) is 5.89. The van der Waals surface area contributed by atoms with Crippen molar-refractivity contribution in [1.29, 1.82) is 0 Å². The molecule has 0 aromatic carbocycles. The van der Waals surface area contributed by atoms with Gasteiger partial charge < -0.3 is 4.74 Å². The zero-order chi connectivity index (χ0) is 9.10. The molecule has 2 aliphatic rings. The number of carbonyl (C=O) groups excluding carboxylic acids is 1. The lowest BCUT2D eigenvalue weighted by molar-refractivity contribution is -0.114. The Hall–Kier alpha value is -0.280. The van der Waals surface area contributed by atoms with Crippen LogP contribution in [0.3, 0.4) is 0 Å². The van der Waals surface area contributed by atoms with Crippen LogP contribution in [0, 0.1) is 0 Å². The second-order valence-electron chi connectivity index (χ2n) is 3.43. The lowest BCUT2D eigenvalue weighted by Crippen LogP contribution is -2.40. The molecule has 1 saturated heterocycles. The summed E-state index contributed by atoms with van der Waals surface area (Å²) in [5, 5.41) is 0.328. The first-order valence-electron chi connectivity index (χ1n) is 4.82. The minimum absolute atomic E-state index is 0.313. The number of rotatable bonds is 1. The maximum absolute atomic E-state index is 11.6. The van der Waals surface area contributed by atoms with Crippen molar-refractivity contribution in [3.63, 3.8) is 0 Å². The molecule has 1 fully saturated rings. The Bertz CT molecular complexity index is 219. The summed E-state index contributed by atoms with van der Waals surface area (Å²) in [6, 6.07) is 0. The van der Waals surface area contributed by atoms with E-state index >= 15 is 0 Å². The molecule has 1 aliphatic carbocycles. The van der Waals surface area contributed by atoms with Gasteiger partial charge in [-0.25, -0.2) is 0 Å². The quantitative estimate of drug-likeness (QED) is 0.587. The molecule has 0 radical (unpaired) electrons. The molecule has 72 valence electrons. The van der Waals surface area contributed by atoms with Crippen LogP contribution in [0.4, 0.5) is 0 Å². The highest BCUT2D eigenvalue weighted by molar-refractivity contribution is 7.98. The number of hydrogen-bond acceptors (Lipinski definition) is 2. The normalized spacial score (nSPS) is 30.8. The molecule has 2 rings (SSSR count). The van der Waals surface area contributed by atoms with E-state index in [2.05, 4.69) is 0 Å². The van der Waals surface area contributed by atoms with Crippen LogP contribution in [0.1, 0.15) is 12.8 Å². The molecular formula is C10H15O2S+. The number of ketones is 1. The van der Waals surface area contributed by atoms with E-state index in [1.807, 2.05) is 6.08 Å². The molecule has 1 aliphatic heterocycles. The van der Waals surface area contributed by atoms with E-state index in [1.165, 1.54) is 0 Å². The SMILES string of the molecule is O=C1C=CCCC1[S+]1CCOCC1. The van der Waals surface area contributed by atoms with Crippen molar-refractivity contribution >= 4 is 16.7 Å². The summed E-state index contributed by atoms with van der Waals surface area (Å²) in [4.78, 5) is 11.6. The fourth-order valence-corrected chi connectivity index (χ4v) is 4.16. The number of carbonyl (C=O) groups is 1. The first-order chi connectivity index (χ1) is 6.38. The fraction of sp³-hybridized carbons (Fsp3) is 0.700. The van der Waals surface area contributed by atoms with Crippen LogP contribution in [0.15, 0.2) is 12.2 Å². The van der Waals surface area contributed by atoms with Gasteiger partial charge in [0.25, 0.3) is 0 Å². The van der Waals surface area contributed by atoms with Crippen LogP contribution in [-0.2, 0) is 20.4 Å². The van der Waals surface area contributed by atoms with Crippen LogP contribution in [-0.4, -0.2) is 35.8 Å². The lowest BCUT2D eigenvalue weighted by atomic mass is 10.1. The van der Waals surface area contributed by atoms with Gasteiger partial charge in [0.1, 0.15) is 11.5 Å². The Morgan fingerprint density at radius 1 is 1.38 bits per heavy atom. The van der Waals surface area contributed by atoms with Crippen molar-refractivity contribution in [3.8, 4) is 0 Å². The molecule has 0 saturated carbocycles. The monoisotopic (exact) mass is 199 g/mol. The van der Waals surface area contributed by atoms with Gasteiger partial charge in [-0.1, -0.05) is 6.08 Å². The summed E-state index contributed by atoms with van der Waals surface area (Å²) in [7, 11) is 0.313. The number of ether oxygens (including phenoxy) is 1. The van der Waals surface area contributed by atoms with Gasteiger partial charge in [0.05, 0.1) is 13.2 Å². The lowest BCUT2D eigenvalue weighted by Gasteiger charge is -2.22. The van der Waals surface area contributed by atoms with Crippen molar-refractivity contribution in [3.05, 3.63) is 12.2 Å². The zero-order valence-electron chi connectivity index (χ0n) is 7.70. The van der Waals surface area contributed by atoms with Crippen molar-refractivity contribution in [2.75, 3.05) is 24.7 Å². The van der Waals surface area contributed by atoms with Crippen molar-refractivity contribution < 1.29 is 9.53 Å². The minimum Gasteiger partial charge on any atom is -0.372 e. The average molecular weight is 199 g/mol. The molecule has 3 heteroatoms. The summed E-state index contributed by atoms with van der Waals surface area (Å²) in [5.41, 5.74) is 0. The fourth-order valence-electron chi connectivity index (χ4n) is 1.85. The van der Waals surface area contributed by atoms with E-state index < -0.39 is 0 Å². The van der Waals surface area contributed by atoms with Crippen LogP contribution in [0.5, 0.6) is 0 Å². The molecule has 2 nitrogen and oxygen atoms in total. The third-order valence-corrected chi connectivity index (χ3v) is 5.23. The van der Waals surface area contributed by atoms with E-state index in [9.17, 15) is 4.79 Å². The predicted octanol–water partition coefficient (Wildman–Crippen LogP) is 0.923. The maximum atomic E-state index is 11.6. The second kappa shape index (κ2) is 4.29. The number of hydrogen-bond donors (Lipinski definition) is 0. The van der Waals surface area contributed by atoms with E-state index in [1.54, 1.807) is 6.08 Å². The zero-order valence-corrected chi connectivity index (χ0v) is 8.52. The third kappa shape index (κ3) is 2.15. The Morgan fingerprint density at radius 2 is 2.15 bits per heavy atom. The van der Waals surface area contributed by atoms with Crippen LogP contribution >= 0.6 is 0 Å². The van der Waals surface area contributed by atoms with Gasteiger partial charge >= 0.3 is 0 Å². The van der Waals surface area contributed by atoms with E-state index in [-0.39, 0.29) is 0 Å². The van der Waals surface area contributed by atoms with Gasteiger partial charge in [-0.3, -0.25) is 4.79 Å². The van der Waals surface area contributed by atoms with E-state index in [0.29, 0.717) is 21.9 Å². The first-order valence-corrected chi connectivity index (χ1v) is 6.45. The first kappa shape index (κ1) is 9.28. The summed E-state index contributed by atoms with van der Waals surface area (Å²) in [5.74, 6) is 2.56. The van der Waals surface area contributed by atoms with Gasteiger partial charge in [-0.2, -0.15) is 0 Å². The molecule has 1 unspecified atom stereocenters. The average Bonchev–Trinajstić information content (AvgIpc) is 2.20. The molecule has 1 heterocycles. The Balaban J connectivity index is 1.98. The van der Waals surface area contributed by atoms with E-state index in [0.717, 1.165) is 37.6 Å². The Morgan fingerprint density at radius 3 is 2.85 bits per heavy atom. The Kier molecular flexibility index (Phi) is 3.06. The molecule has 0 spiro atoms. The van der Waals surface area contributed by atoms with Gasteiger partial charge in [0, 0.05) is 17.3 Å². The van der Waals surface area contributed by atoms with Crippen LogP contribution in [0.25, 0.3) is 0 Å². The molecule has 0 aromatic heterocycles. The highest BCUT2D eigenvalue weighted by Crippen LogP contribution is 2.20. The molecular weight excluding hydrogens is 184 g/mol. The summed E-state index contributed by atoms with van der Waals surface area (Å²) in [6.07, 6.45) is 5.93. The van der Waals surface area contributed by atoms with Crippen molar-refractivity contribution in [2.24, 2.45) is 0 Å². The largest absolute Gasteiger partial charge is 0.372 e. The minimum atomic E-state index is 0.313. The summed E-state index contributed by atoms with van der Waals surface area (Å²) < 4.78 is 5.30. The van der Waals surface area contributed by atoms with E-state index in [4.69, 9.17) is 4.74 Å². The Labute approximate surface area is 81.7 Å². The van der Waals surface area contributed by atoms with Crippen LogP contribution < -0.4 is 0 Å². The van der Waals surface area contributed by atoms with Crippen molar-refractivity contribution in [1.82, 2.24) is 0 Å². The maximum Gasteiger partial charge on any atom is 0.207 e. The van der Waals surface area contributed by atoms with Gasteiger partial charge in [0.15, 0.2) is 5.25 Å². The molecule has 0 aromatic rings. The van der Waals surface area contributed by atoms with Crippen LogP contribution in [0.2, 0.25) is 0 Å². The topological polar surface area (TPSA) is 26.3 Å². The smallest absolute Gasteiger partial charge is 0.207 e.